The van der Waals surface area contributed by atoms with Crippen molar-refractivity contribution < 1.29 is 17.6 Å². The summed E-state index contributed by atoms with van der Waals surface area (Å²) < 4.78 is 33.0. The van der Waals surface area contributed by atoms with Crippen molar-refractivity contribution in [3.8, 4) is 10.6 Å². The molecular weight excluding hydrogens is 348 g/mol. The molecule has 2 heterocycles. The van der Waals surface area contributed by atoms with Crippen LogP contribution in [0.4, 0.5) is 5.69 Å². The first-order valence-electron chi connectivity index (χ1n) is 7.01. The monoisotopic (exact) mass is 362 g/mol. The zero-order valence-electron chi connectivity index (χ0n) is 12.9. The van der Waals surface area contributed by atoms with Crippen molar-refractivity contribution in [1.29, 1.82) is 0 Å². The molecule has 0 spiro atoms. The fourth-order valence-electron chi connectivity index (χ4n) is 2.05. The van der Waals surface area contributed by atoms with Crippen LogP contribution in [0.15, 0.2) is 51.2 Å². The van der Waals surface area contributed by atoms with Crippen LogP contribution in [-0.4, -0.2) is 19.2 Å². The van der Waals surface area contributed by atoms with E-state index in [0.717, 1.165) is 11.3 Å². The largest absolute Gasteiger partial charge is 0.440 e. The Bertz CT molecular complexity index is 985. The molecule has 3 rings (SSSR count). The maximum atomic E-state index is 12.5. The van der Waals surface area contributed by atoms with E-state index in [1.165, 1.54) is 13.0 Å². The van der Waals surface area contributed by atoms with Gasteiger partial charge in [-0.25, -0.2) is 13.4 Å². The van der Waals surface area contributed by atoms with Gasteiger partial charge in [0, 0.05) is 18.2 Å². The molecule has 124 valence electrons. The van der Waals surface area contributed by atoms with Gasteiger partial charge in [-0.2, -0.15) is 0 Å². The molecule has 6 nitrogen and oxygen atoms in total. The Morgan fingerprint density at radius 2 is 1.88 bits per heavy atom. The lowest BCUT2D eigenvalue weighted by Crippen LogP contribution is -2.11. The molecule has 0 aliphatic rings. The minimum Gasteiger partial charge on any atom is -0.440 e. The van der Waals surface area contributed by atoms with Crippen LogP contribution in [-0.2, 0) is 10.0 Å². The number of Topliss-reactive ketones (excluding diaryl/α,β-unsaturated/α-hetero) is 1. The van der Waals surface area contributed by atoms with Gasteiger partial charge >= 0.3 is 0 Å². The minimum absolute atomic E-state index is 0.0744. The Labute approximate surface area is 143 Å². The van der Waals surface area contributed by atoms with Gasteiger partial charge in [0.05, 0.1) is 11.1 Å². The molecule has 0 saturated carbocycles. The molecule has 1 aromatic carbocycles. The lowest BCUT2D eigenvalue weighted by molar-refractivity contribution is 0.101. The number of thiophene rings is 1. The number of sulfonamides is 1. The summed E-state index contributed by atoms with van der Waals surface area (Å²) >= 11 is 1.10. The van der Waals surface area contributed by atoms with Crippen LogP contribution in [0, 0.1) is 6.92 Å². The van der Waals surface area contributed by atoms with E-state index in [1.54, 1.807) is 43.5 Å². The molecule has 0 bridgehead atoms. The van der Waals surface area contributed by atoms with Gasteiger partial charge in [-0.1, -0.05) is 0 Å². The van der Waals surface area contributed by atoms with E-state index in [9.17, 15) is 13.2 Å². The van der Waals surface area contributed by atoms with Crippen molar-refractivity contribution in [2.24, 2.45) is 0 Å². The topological polar surface area (TPSA) is 89.3 Å². The summed E-state index contributed by atoms with van der Waals surface area (Å²) in [7, 11) is -3.71. The van der Waals surface area contributed by atoms with Crippen molar-refractivity contribution in [2.75, 3.05) is 4.72 Å². The third-order valence-electron chi connectivity index (χ3n) is 3.25. The molecule has 0 fully saturated rings. The molecule has 0 saturated heterocycles. The van der Waals surface area contributed by atoms with E-state index < -0.39 is 10.0 Å². The number of aryl methyl sites for hydroxylation is 1. The molecule has 8 heteroatoms. The van der Waals surface area contributed by atoms with Crippen molar-refractivity contribution in [3.63, 3.8) is 0 Å². The summed E-state index contributed by atoms with van der Waals surface area (Å²) in [6.45, 7) is 3.18. The van der Waals surface area contributed by atoms with Crippen LogP contribution in [0.3, 0.4) is 0 Å². The number of anilines is 1. The third-order valence-corrected chi connectivity index (χ3v) is 6.23. The Kier molecular flexibility index (Phi) is 4.25. The van der Waals surface area contributed by atoms with Crippen LogP contribution >= 0.6 is 11.3 Å². The summed E-state index contributed by atoms with van der Waals surface area (Å²) in [5.74, 6) is 0.978. The standard InChI is InChI=1S/C16H14N2O4S2/c1-10(19)12-3-5-13(6-4-12)18-24(20,21)16-8-7-15(23-16)14-9-17-11(2)22-14/h3-9,18H,1-2H3. The van der Waals surface area contributed by atoms with Gasteiger partial charge in [0.2, 0.25) is 0 Å². The van der Waals surface area contributed by atoms with E-state index in [1.807, 2.05) is 0 Å². The minimum atomic E-state index is -3.71. The average Bonchev–Trinajstić information content (AvgIpc) is 3.16. The first kappa shape index (κ1) is 16.4. The number of oxazole rings is 1. The van der Waals surface area contributed by atoms with Crippen LogP contribution in [0.25, 0.3) is 10.6 Å². The molecule has 0 unspecified atom stereocenters. The maximum Gasteiger partial charge on any atom is 0.271 e. The molecule has 1 N–H and O–H groups in total. The first-order valence-corrected chi connectivity index (χ1v) is 9.31. The van der Waals surface area contributed by atoms with Gasteiger partial charge in [0.25, 0.3) is 10.0 Å². The summed E-state index contributed by atoms with van der Waals surface area (Å²) in [6.07, 6.45) is 1.56. The van der Waals surface area contributed by atoms with Gasteiger partial charge in [-0.3, -0.25) is 9.52 Å². The second-order valence-corrected chi connectivity index (χ2v) is 8.09. The first-order chi connectivity index (χ1) is 11.3. The number of ketones is 1. The summed E-state index contributed by atoms with van der Waals surface area (Å²) in [4.78, 5) is 15.9. The molecule has 2 aromatic heterocycles. The molecule has 0 aliphatic heterocycles. The van der Waals surface area contributed by atoms with Gasteiger partial charge < -0.3 is 4.42 Å². The highest BCUT2D eigenvalue weighted by Crippen LogP contribution is 2.32. The number of rotatable bonds is 5. The molecule has 24 heavy (non-hydrogen) atoms. The van der Waals surface area contributed by atoms with E-state index in [2.05, 4.69) is 9.71 Å². The van der Waals surface area contributed by atoms with E-state index in [-0.39, 0.29) is 9.99 Å². The molecule has 0 aliphatic carbocycles. The number of aromatic nitrogens is 1. The highest BCUT2D eigenvalue weighted by Gasteiger charge is 2.19. The van der Waals surface area contributed by atoms with Crippen molar-refractivity contribution in [2.45, 2.75) is 18.1 Å². The molecule has 0 atom stereocenters. The smallest absolute Gasteiger partial charge is 0.271 e. The lowest BCUT2D eigenvalue weighted by atomic mass is 10.1. The second kappa shape index (κ2) is 6.21. The number of carbonyl (C=O) groups is 1. The summed E-state index contributed by atoms with van der Waals surface area (Å²) in [6, 6.07) is 9.47. The Balaban J connectivity index is 1.83. The Hall–Kier alpha value is -2.45. The molecule has 0 amide bonds. The Morgan fingerprint density at radius 1 is 1.17 bits per heavy atom. The number of hydrogen-bond donors (Lipinski definition) is 1. The predicted molar refractivity (Wildman–Crippen MR) is 91.8 cm³/mol. The fraction of sp³-hybridized carbons (Fsp3) is 0.125. The highest BCUT2D eigenvalue weighted by molar-refractivity contribution is 7.94. The zero-order valence-corrected chi connectivity index (χ0v) is 14.6. The van der Waals surface area contributed by atoms with E-state index in [4.69, 9.17) is 4.42 Å². The van der Waals surface area contributed by atoms with Gasteiger partial charge in [-0.15, -0.1) is 11.3 Å². The molecule has 3 aromatic rings. The number of carbonyl (C=O) groups excluding carboxylic acids is 1. The number of benzene rings is 1. The molecular formula is C16H14N2O4S2. The van der Waals surface area contributed by atoms with E-state index in [0.29, 0.717) is 27.8 Å². The van der Waals surface area contributed by atoms with Crippen LogP contribution in [0.1, 0.15) is 23.2 Å². The quantitative estimate of drug-likeness (QED) is 0.699. The SMILES string of the molecule is CC(=O)c1ccc(NS(=O)(=O)c2ccc(-c3cnc(C)o3)s2)cc1. The number of nitrogens with zero attached hydrogens (tertiary/aromatic N) is 1. The highest BCUT2D eigenvalue weighted by atomic mass is 32.2. The molecule has 0 radical (unpaired) electrons. The summed E-state index contributed by atoms with van der Waals surface area (Å²) in [5.41, 5.74) is 0.919. The number of nitrogens with one attached hydrogen (secondary N) is 1. The normalized spacial score (nSPS) is 11.4. The predicted octanol–water partition coefficient (Wildman–Crippen LogP) is 3.71. The fourth-order valence-corrected chi connectivity index (χ4v) is 4.36. The Morgan fingerprint density at radius 3 is 2.46 bits per heavy atom. The van der Waals surface area contributed by atoms with Gasteiger partial charge in [-0.05, 0) is 43.3 Å². The van der Waals surface area contributed by atoms with Crippen LogP contribution < -0.4 is 4.72 Å². The van der Waals surface area contributed by atoms with Gasteiger partial charge in [0.1, 0.15) is 4.21 Å². The number of hydrogen-bond acceptors (Lipinski definition) is 6. The second-order valence-electron chi connectivity index (χ2n) is 5.10. The third kappa shape index (κ3) is 3.39. The van der Waals surface area contributed by atoms with Crippen LogP contribution in [0.2, 0.25) is 0 Å². The van der Waals surface area contributed by atoms with Crippen LogP contribution in [0.5, 0.6) is 0 Å². The van der Waals surface area contributed by atoms with Crippen molar-refractivity contribution >= 4 is 32.8 Å². The zero-order chi connectivity index (χ0) is 17.3. The average molecular weight is 362 g/mol. The lowest BCUT2D eigenvalue weighted by Gasteiger charge is -2.06. The maximum absolute atomic E-state index is 12.5. The van der Waals surface area contributed by atoms with Crippen molar-refractivity contribution in [1.82, 2.24) is 4.98 Å². The summed E-state index contributed by atoms with van der Waals surface area (Å²) in [5, 5.41) is 0. The van der Waals surface area contributed by atoms with Crippen molar-refractivity contribution in [3.05, 3.63) is 54.0 Å². The van der Waals surface area contributed by atoms with Gasteiger partial charge in [0.15, 0.2) is 17.4 Å². The van der Waals surface area contributed by atoms with E-state index >= 15 is 0 Å².